The van der Waals surface area contributed by atoms with Gasteiger partial charge in [0.05, 0.1) is 10.1 Å². The van der Waals surface area contributed by atoms with Gasteiger partial charge in [-0.15, -0.1) is 0 Å². The van der Waals surface area contributed by atoms with Crippen LogP contribution in [0.1, 0.15) is 44.1 Å². The Bertz CT molecular complexity index is 456. The summed E-state index contributed by atoms with van der Waals surface area (Å²) in [6.45, 7) is 1.54. The molecule has 0 aliphatic rings. The number of hydrogen-bond acceptors (Lipinski definition) is 4. The number of hydrogen-bond donors (Lipinski definition) is 0. The zero-order chi connectivity index (χ0) is 15.4. The highest BCUT2D eigenvalue weighted by Crippen LogP contribution is 2.05. The van der Waals surface area contributed by atoms with Crippen molar-refractivity contribution in [1.82, 2.24) is 0 Å². The lowest BCUT2D eigenvalue weighted by molar-refractivity contribution is 0.127. The molecular formula is C16H25O4S-. The van der Waals surface area contributed by atoms with Crippen molar-refractivity contribution in [2.24, 2.45) is 0 Å². The summed E-state index contributed by atoms with van der Waals surface area (Å²) in [6, 6.07) is 10.4. The molecule has 0 atom stereocenters. The van der Waals surface area contributed by atoms with Gasteiger partial charge in [-0.25, -0.2) is 8.42 Å². The molecular weight excluding hydrogens is 288 g/mol. The Morgan fingerprint density at radius 2 is 1.48 bits per heavy atom. The van der Waals surface area contributed by atoms with Crippen molar-refractivity contribution in [3.8, 4) is 0 Å². The molecule has 4 nitrogen and oxygen atoms in total. The fourth-order valence-electron chi connectivity index (χ4n) is 2.14. The smallest absolute Gasteiger partial charge is 0.0945 e. The highest BCUT2D eigenvalue weighted by atomic mass is 32.2. The van der Waals surface area contributed by atoms with Gasteiger partial charge in [0.1, 0.15) is 0 Å². The van der Waals surface area contributed by atoms with Gasteiger partial charge in [-0.05, 0) is 31.2 Å². The maximum absolute atomic E-state index is 10.4. The lowest BCUT2D eigenvalue weighted by atomic mass is 10.1. The molecule has 21 heavy (non-hydrogen) atoms. The zero-order valence-electron chi connectivity index (χ0n) is 12.5. The number of benzene rings is 1. The summed E-state index contributed by atoms with van der Waals surface area (Å²) >= 11 is 0. The number of ether oxygens (including phenoxy) is 1. The summed E-state index contributed by atoms with van der Waals surface area (Å²) < 4.78 is 36.8. The van der Waals surface area contributed by atoms with Crippen LogP contribution in [-0.4, -0.2) is 31.9 Å². The molecule has 0 N–H and O–H groups in total. The van der Waals surface area contributed by atoms with E-state index in [1.54, 1.807) is 0 Å². The fraction of sp³-hybridized carbons (Fsp3) is 0.625. The predicted octanol–water partition coefficient (Wildman–Crippen LogP) is 3.13. The lowest BCUT2D eigenvalue weighted by Gasteiger charge is -2.06. The van der Waals surface area contributed by atoms with Gasteiger partial charge in [0.25, 0.3) is 0 Å². The number of aryl methyl sites for hydroxylation is 1. The van der Waals surface area contributed by atoms with Crippen LogP contribution in [0.5, 0.6) is 0 Å². The molecule has 0 heterocycles. The van der Waals surface area contributed by atoms with Crippen LogP contribution in [-0.2, 0) is 21.3 Å². The van der Waals surface area contributed by atoms with E-state index in [4.69, 9.17) is 4.74 Å². The second-order valence-electron chi connectivity index (χ2n) is 5.23. The van der Waals surface area contributed by atoms with Crippen LogP contribution in [0.15, 0.2) is 30.3 Å². The van der Waals surface area contributed by atoms with Gasteiger partial charge >= 0.3 is 0 Å². The van der Waals surface area contributed by atoms with E-state index in [-0.39, 0.29) is 5.75 Å². The molecule has 0 radical (unpaired) electrons. The topological polar surface area (TPSA) is 66.4 Å². The van der Waals surface area contributed by atoms with Gasteiger partial charge < -0.3 is 9.29 Å². The minimum absolute atomic E-state index is 0.233. The van der Waals surface area contributed by atoms with E-state index in [1.165, 1.54) is 5.56 Å². The molecule has 0 unspecified atom stereocenters. The van der Waals surface area contributed by atoms with E-state index in [1.807, 2.05) is 18.2 Å². The first-order valence-corrected chi connectivity index (χ1v) is 9.21. The average Bonchev–Trinajstić information content (AvgIpc) is 2.44. The summed E-state index contributed by atoms with van der Waals surface area (Å²) in [5, 5.41) is 0. The molecule has 0 saturated carbocycles. The van der Waals surface area contributed by atoms with E-state index in [0.717, 1.165) is 51.7 Å². The molecule has 0 saturated heterocycles. The van der Waals surface area contributed by atoms with Gasteiger partial charge in [0.15, 0.2) is 0 Å². The van der Waals surface area contributed by atoms with Crippen LogP contribution in [0.2, 0.25) is 0 Å². The maximum atomic E-state index is 10.4. The van der Waals surface area contributed by atoms with E-state index in [0.29, 0.717) is 6.42 Å². The Hall–Kier alpha value is -0.910. The quantitative estimate of drug-likeness (QED) is 0.439. The lowest BCUT2D eigenvalue weighted by Crippen LogP contribution is -2.04. The van der Waals surface area contributed by atoms with E-state index >= 15 is 0 Å². The van der Waals surface area contributed by atoms with Crippen molar-refractivity contribution >= 4 is 10.1 Å². The molecule has 120 valence electrons. The molecule has 0 fully saturated rings. The average molecular weight is 313 g/mol. The molecule has 1 rings (SSSR count). The van der Waals surface area contributed by atoms with Crippen molar-refractivity contribution < 1.29 is 17.7 Å². The second kappa shape index (κ2) is 10.8. The Labute approximate surface area is 128 Å². The first-order chi connectivity index (χ1) is 10.1. The van der Waals surface area contributed by atoms with Crippen molar-refractivity contribution in [2.75, 3.05) is 19.0 Å². The molecule has 0 spiro atoms. The largest absolute Gasteiger partial charge is 0.748 e. The monoisotopic (exact) mass is 313 g/mol. The molecule has 0 amide bonds. The first-order valence-electron chi connectivity index (χ1n) is 7.63. The summed E-state index contributed by atoms with van der Waals surface area (Å²) in [5.74, 6) is -0.233. The standard InChI is InChI=1S/C16H26O4S/c17-21(18,19)15-8-3-1-2-7-13-20-14-9-12-16-10-5-4-6-11-16/h4-6,10-11H,1-3,7-9,12-15H2,(H,17,18,19)/p-1. The molecule has 5 heteroatoms. The minimum Gasteiger partial charge on any atom is -0.748 e. The Kier molecular flexibility index (Phi) is 9.30. The Balaban J connectivity index is 1.83. The highest BCUT2D eigenvalue weighted by molar-refractivity contribution is 7.85. The van der Waals surface area contributed by atoms with Gasteiger partial charge in [0, 0.05) is 19.0 Å². The summed E-state index contributed by atoms with van der Waals surface area (Å²) in [7, 11) is -4.03. The van der Waals surface area contributed by atoms with Crippen LogP contribution in [0.3, 0.4) is 0 Å². The van der Waals surface area contributed by atoms with Gasteiger partial charge in [-0.2, -0.15) is 0 Å². The molecule has 0 aromatic heterocycles. The van der Waals surface area contributed by atoms with Crippen LogP contribution < -0.4 is 0 Å². The fourth-order valence-corrected chi connectivity index (χ4v) is 2.70. The van der Waals surface area contributed by atoms with E-state index in [9.17, 15) is 13.0 Å². The van der Waals surface area contributed by atoms with Gasteiger partial charge in [-0.3, -0.25) is 0 Å². The zero-order valence-corrected chi connectivity index (χ0v) is 13.3. The Morgan fingerprint density at radius 1 is 0.857 bits per heavy atom. The number of rotatable bonds is 12. The number of unbranched alkanes of at least 4 members (excludes halogenated alkanes) is 4. The van der Waals surface area contributed by atoms with Crippen molar-refractivity contribution in [3.63, 3.8) is 0 Å². The van der Waals surface area contributed by atoms with Crippen molar-refractivity contribution in [1.29, 1.82) is 0 Å². The third kappa shape index (κ3) is 11.4. The van der Waals surface area contributed by atoms with E-state index < -0.39 is 10.1 Å². The predicted molar refractivity (Wildman–Crippen MR) is 83.2 cm³/mol. The highest BCUT2D eigenvalue weighted by Gasteiger charge is 1.96. The maximum Gasteiger partial charge on any atom is 0.0945 e. The van der Waals surface area contributed by atoms with Crippen LogP contribution in [0.25, 0.3) is 0 Å². The normalized spacial score (nSPS) is 11.7. The van der Waals surface area contributed by atoms with Crippen LogP contribution in [0, 0.1) is 0 Å². The minimum atomic E-state index is -4.03. The van der Waals surface area contributed by atoms with Crippen molar-refractivity contribution in [3.05, 3.63) is 35.9 Å². The van der Waals surface area contributed by atoms with Gasteiger partial charge in [-0.1, -0.05) is 49.6 Å². The molecule has 0 aliphatic heterocycles. The summed E-state index contributed by atoms with van der Waals surface area (Å²) in [4.78, 5) is 0. The SMILES string of the molecule is O=S(=O)([O-])CCCCCCCOCCCc1ccccc1. The molecule has 1 aromatic carbocycles. The molecule has 0 bridgehead atoms. The summed E-state index contributed by atoms with van der Waals surface area (Å²) in [6.07, 6.45) is 6.34. The first kappa shape index (κ1) is 18.1. The Morgan fingerprint density at radius 3 is 2.19 bits per heavy atom. The second-order valence-corrected chi connectivity index (χ2v) is 6.75. The van der Waals surface area contributed by atoms with E-state index in [2.05, 4.69) is 12.1 Å². The van der Waals surface area contributed by atoms with Gasteiger partial charge in [0.2, 0.25) is 0 Å². The third-order valence-corrected chi connectivity index (χ3v) is 4.07. The summed E-state index contributed by atoms with van der Waals surface area (Å²) in [5.41, 5.74) is 1.34. The molecule has 1 aromatic rings. The van der Waals surface area contributed by atoms with Crippen LogP contribution in [0.4, 0.5) is 0 Å². The third-order valence-electron chi connectivity index (χ3n) is 3.28. The van der Waals surface area contributed by atoms with Crippen molar-refractivity contribution in [2.45, 2.75) is 44.9 Å². The van der Waals surface area contributed by atoms with Crippen LogP contribution >= 0.6 is 0 Å². The molecule has 0 aliphatic carbocycles.